The Morgan fingerprint density at radius 1 is 1.68 bits per heavy atom. The Morgan fingerprint density at radius 2 is 2.47 bits per heavy atom. The van der Waals surface area contributed by atoms with Gasteiger partial charge in [-0.15, -0.1) is 0 Å². The molecule has 7 heteroatoms. The third-order valence-electron chi connectivity index (χ3n) is 3.36. The van der Waals surface area contributed by atoms with Gasteiger partial charge in [-0.1, -0.05) is 0 Å². The van der Waals surface area contributed by atoms with Crippen LogP contribution in [-0.4, -0.2) is 40.6 Å². The van der Waals surface area contributed by atoms with Crippen LogP contribution in [0.3, 0.4) is 0 Å². The van der Waals surface area contributed by atoms with Crippen molar-refractivity contribution >= 4 is 21.9 Å². The van der Waals surface area contributed by atoms with E-state index in [1.54, 1.807) is 13.3 Å². The summed E-state index contributed by atoms with van der Waals surface area (Å²) in [7, 11) is 1.65. The van der Waals surface area contributed by atoms with Crippen LogP contribution in [0.2, 0.25) is 0 Å². The third kappa shape index (κ3) is 3.34. The van der Waals surface area contributed by atoms with E-state index in [0.29, 0.717) is 19.6 Å². The second-order valence-corrected chi connectivity index (χ2v) is 5.49. The fourth-order valence-corrected chi connectivity index (χ4v) is 2.99. The molecule has 1 aromatic rings. The van der Waals surface area contributed by atoms with Gasteiger partial charge in [0.2, 0.25) is 0 Å². The van der Waals surface area contributed by atoms with Crippen LogP contribution in [0.25, 0.3) is 0 Å². The number of ether oxygens (including phenoxy) is 1. The minimum Gasteiger partial charge on any atom is -0.480 e. The average molecular weight is 332 g/mol. The first kappa shape index (κ1) is 14.5. The van der Waals surface area contributed by atoms with Gasteiger partial charge in [-0.05, 0) is 35.2 Å². The number of hydrogen-bond donors (Lipinski definition) is 2. The largest absolute Gasteiger partial charge is 0.480 e. The number of carboxylic acid groups (broad SMARTS) is 1. The van der Waals surface area contributed by atoms with Gasteiger partial charge >= 0.3 is 5.97 Å². The van der Waals surface area contributed by atoms with Gasteiger partial charge in [-0.2, -0.15) is 5.10 Å². The molecule has 0 spiro atoms. The van der Waals surface area contributed by atoms with Gasteiger partial charge in [-0.3, -0.25) is 14.8 Å². The highest BCUT2D eigenvalue weighted by molar-refractivity contribution is 9.10. The summed E-state index contributed by atoms with van der Waals surface area (Å²) in [5.74, 6) is -0.788. The van der Waals surface area contributed by atoms with Crippen LogP contribution >= 0.6 is 15.9 Å². The topological polar surface area (TPSA) is 76.4 Å². The predicted octanol–water partition coefficient (Wildman–Crippen LogP) is 1.56. The Hall–Kier alpha value is -0.920. The smallest absolute Gasteiger partial charge is 0.320 e. The molecule has 1 aliphatic heterocycles. The maximum absolute atomic E-state index is 11.1. The predicted molar refractivity (Wildman–Crippen MR) is 73.0 cm³/mol. The molecule has 2 unspecified atom stereocenters. The summed E-state index contributed by atoms with van der Waals surface area (Å²) in [5, 5.41) is 16.6. The molecular weight excluding hydrogens is 314 g/mol. The highest BCUT2D eigenvalue weighted by Crippen LogP contribution is 2.30. The van der Waals surface area contributed by atoms with Gasteiger partial charge in [0, 0.05) is 7.11 Å². The quantitative estimate of drug-likeness (QED) is 0.856. The minimum absolute atomic E-state index is 0.0172. The lowest BCUT2D eigenvalue weighted by atomic mass is 9.96. The third-order valence-corrected chi connectivity index (χ3v) is 3.97. The summed E-state index contributed by atoms with van der Waals surface area (Å²) in [6, 6.07) is -0.458. The fourth-order valence-electron chi connectivity index (χ4n) is 2.42. The van der Waals surface area contributed by atoms with Crippen molar-refractivity contribution in [2.45, 2.75) is 37.9 Å². The molecule has 0 radical (unpaired) electrons. The number of carbonyl (C=O) groups is 1. The second kappa shape index (κ2) is 6.49. The van der Waals surface area contributed by atoms with Crippen LogP contribution < -0.4 is 5.32 Å². The summed E-state index contributed by atoms with van der Waals surface area (Å²) in [4.78, 5) is 11.1. The second-order valence-electron chi connectivity index (χ2n) is 4.63. The highest BCUT2D eigenvalue weighted by atomic mass is 79.9. The molecule has 2 atom stereocenters. The number of nitrogens with zero attached hydrogens (tertiary/aromatic N) is 2. The van der Waals surface area contributed by atoms with Gasteiger partial charge in [-0.25, -0.2) is 0 Å². The van der Waals surface area contributed by atoms with E-state index < -0.39 is 12.0 Å². The molecule has 6 nitrogen and oxygen atoms in total. The zero-order chi connectivity index (χ0) is 13.8. The highest BCUT2D eigenvalue weighted by Gasteiger charge is 2.30. The minimum atomic E-state index is -0.788. The number of hydrogen-bond acceptors (Lipinski definition) is 4. The summed E-state index contributed by atoms with van der Waals surface area (Å²) in [5.41, 5.74) is 1.00. The number of carboxylic acids is 1. The van der Waals surface area contributed by atoms with E-state index in [0.717, 1.165) is 23.0 Å². The number of piperidine rings is 1. The van der Waals surface area contributed by atoms with Crippen molar-refractivity contribution < 1.29 is 14.6 Å². The van der Waals surface area contributed by atoms with Crippen molar-refractivity contribution in [2.24, 2.45) is 0 Å². The van der Waals surface area contributed by atoms with Crippen LogP contribution in [0.4, 0.5) is 0 Å². The molecule has 0 amide bonds. The number of rotatable bonds is 5. The van der Waals surface area contributed by atoms with E-state index >= 15 is 0 Å². The summed E-state index contributed by atoms with van der Waals surface area (Å²) in [6.07, 6.45) is 4.24. The Bertz CT molecular complexity index is 449. The van der Waals surface area contributed by atoms with Crippen molar-refractivity contribution in [3.8, 4) is 0 Å². The zero-order valence-corrected chi connectivity index (χ0v) is 12.4. The van der Waals surface area contributed by atoms with Crippen LogP contribution in [0.1, 0.15) is 31.0 Å². The molecule has 2 N–H and O–H groups in total. The molecule has 0 saturated carbocycles. The van der Waals surface area contributed by atoms with Crippen LogP contribution in [-0.2, 0) is 16.1 Å². The Kier molecular flexibility index (Phi) is 4.95. The molecule has 19 heavy (non-hydrogen) atoms. The van der Waals surface area contributed by atoms with Crippen molar-refractivity contribution in [2.75, 3.05) is 13.7 Å². The molecule has 0 aromatic carbocycles. The first-order valence-corrected chi connectivity index (χ1v) is 7.11. The van der Waals surface area contributed by atoms with Crippen LogP contribution in [0.5, 0.6) is 0 Å². The van der Waals surface area contributed by atoms with Crippen molar-refractivity contribution in [3.63, 3.8) is 0 Å². The molecule has 1 aromatic heterocycles. The van der Waals surface area contributed by atoms with E-state index in [9.17, 15) is 4.79 Å². The first-order valence-electron chi connectivity index (χ1n) is 6.32. The van der Waals surface area contributed by atoms with Gasteiger partial charge in [0.1, 0.15) is 6.04 Å². The zero-order valence-electron chi connectivity index (χ0n) is 10.8. The first-order chi connectivity index (χ1) is 9.13. The van der Waals surface area contributed by atoms with E-state index in [2.05, 4.69) is 26.3 Å². The summed E-state index contributed by atoms with van der Waals surface area (Å²) in [6.45, 7) is 1.24. The Balaban J connectivity index is 2.15. The molecule has 1 fully saturated rings. The van der Waals surface area contributed by atoms with Gasteiger partial charge < -0.3 is 9.84 Å². The van der Waals surface area contributed by atoms with E-state index in [1.165, 1.54) is 0 Å². The molecule has 0 aliphatic carbocycles. The molecule has 2 rings (SSSR count). The summed E-state index contributed by atoms with van der Waals surface area (Å²) >= 11 is 3.49. The van der Waals surface area contributed by atoms with Gasteiger partial charge in [0.15, 0.2) is 0 Å². The summed E-state index contributed by atoms with van der Waals surface area (Å²) < 4.78 is 7.85. The Morgan fingerprint density at radius 3 is 3.16 bits per heavy atom. The van der Waals surface area contributed by atoms with Crippen LogP contribution in [0, 0.1) is 0 Å². The van der Waals surface area contributed by atoms with E-state index in [-0.39, 0.29) is 6.04 Å². The normalized spacial score (nSPS) is 23.5. The monoisotopic (exact) mass is 331 g/mol. The van der Waals surface area contributed by atoms with Gasteiger partial charge in [0.25, 0.3) is 0 Å². The van der Waals surface area contributed by atoms with Crippen molar-refractivity contribution in [3.05, 3.63) is 16.4 Å². The number of halogens is 1. The number of aliphatic carboxylic acids is 1. The number of nitrogens with one attached hydrogen (secondary N) is 1. The molecule has 0 bridgehead atoms. The maximum atomic E-state index is 11.1. The standard InChI is InChI=1S/C12H18BrN3O3/c1-19-6-5-16-11(8(13)7-14-16)9-3-2-4-10(15-9)12(17)18/h7,9-10,15H,2-6H2,1H3,(H,17,18). The lowest BCUT2D eigenvalue weighted by Gasteiger charge is -2.29. The fraction of sp³-hybridized carbons (Fsp3) is 0.667. The van der Waals surface area contributed by atoms with E-state index in [1.807, 2.05) is 4.68 Å². The van der Waals surface area contributed by atoms with E-state index in [4.69, 9.17) is 9.84 Å². The maximum Gasteiger partial charge on any atom is 0.320 e. The molecule has 2 heterocycles. The lowest BCUT2D eigenvalue weighted by Crippen LogP contribution is -2.43. The van der Waals surface area contributed by atoms with Crippen LogP contribution in [0.15, 0.2) is 10.7 Å². The molecule has 1 saturated heterocycles. The van der Waals surface area contributed by atoms with Crippen molar-refractivity contribution in [1.29, 1.82) is 0 Å². The average Bonchev–Trinajstić information content (AvgIpc) is 2.77. The lowest BCUT2D eigenvalue weighted by molar-refractivity contribution is -0.140. The number of methoxy groups -OCH3 is 1. The van der Waals surface area contributed by atoms with Gasteiger partial charge in [0.05, 0.1) is 35.6 Å². The molecular formula is C12H18BrN3O3. The van der Waals surface area contributed by atoms with Crippen molar-refractivity contribution in [1.82, 2.24) is 15.1 Å². The number of aromatic nitrogens is 2. The SMILES string of the molecule is COCCn1ncc(Br)c1C1CCCC(C(=O)O)N1. The Labute approximate surface area is 120 Å². The molecule has 106 valence electrons. The molecule has 1 aliphatic rings.